The molecule has 2 heterocycles. The standard InChI is InChI=1S/C18H19N3O3/c1-2-16-15-10-13(11-20-18(15)24-21-16)17(23)19-9-3-4-12-5-7-14(22)8-6-12/h5-8,10-11,22H,2-4,9H2,1H3,(H,19,23). The molecule has 0 unspecified atom stereocenters. The number of pyridine rings is 1. The minimum atomic E-state index is -0.154. The van der Waals surface area contributed by atoms with Crippen molar-refractivity contribution in [3.63, 3.8) is 0 Å². The van der Waals surface area contributed by atoms with Crippen LogP contribution in [0, 0.1) is 0 Å². The van der Waals surface area contributed by atoms with Gasteiger partial charge in [-0.2, -0.15) is 0 Å². The van der Waals surface area contributed by atoms with E-state index >= 15 is 0 Å². The summed E-state index contributed by atoms with van der Waals surface area (Å²) in [6.45, 7) is 2.55. The molecule has 3 aromatic rings. The predicted molar refractivity (Wildman–Crippen MR) is 89.9 cm³/mol. The highest BCUT2D eigenvalue weighted by atomic mass is 16.5. The summed E-state index contributed by atoms with van der Waals surface area (Å²) in [5.41, 5.74) is 2.89. The Labute approximate surface area is 139 Å². The number of rotatable bonds is 6. The Morgan fingerprint density at radius 2 is 2.08 bits per heavy atom. The number of hydrogen-bond acceptors (Lipinski definition) is 5. The van der Waals surface area contributed by atoms with Crippen molar-refractivity contribution in [2.45, 2.75) is 26.2 Å². The number of nitrogens with zero attached hydrogens (tertiary/aromatic N) is 2. The third-order valence-electron chi connectivity index (χ3n) is 3.87. The summed E-state index contributed by atoms with van der Waals surface area (Å²) in [6, 6.07) is 8.87. The van der Waals surface area contributed by atoms with Crippen molar-refractivity contribution >= 4 is 17.0 Å². The minimum Gasteiger partial charge on any atom is -0.508 e. The lowest BCUT2D eigenvalue weighted by Crippen LogP contribution is -2.24. The maximum absolute atomic E-state index is 12.2. The highest BCUT2D eigenvalue weighted by Gasteiger charge is 2.12. The summed E-state index contributed by atoms with van der Waals surface area (Å²) in [4.78, 5) is 16.4. The van der Waals surface area contributed by atoms with Gasteiger partial charge in [-0.3, -0.25) is 4.79 Å². The van der Waals surface area contributed by atoms with Gasteiger partial charge in [0, 0.05) is 12.7 Å². The molecule has 1 amide bonds. The van der Waals surface area contributed by atoms with Crippen molar-refractivity contribution in [2.24, 2.45) is 0 Å². The largest absolute Gasteiger partial charge is 0.508 e. The van der Waals surface area contributed by atoms with Crippen LogP contribution in [-0.2, 0) is 12.8 Å². The van der Waals surface area contributed by atoms with Crippen molar-refractivity contribution < 1.29 is 14.4 Å². The van der Waals surface area contributed by atoms with Crippen LogP contribution in [0.25, 0.3) is 11.1 Å². The molecule has 2 aromatic heterocycles. The number of benzene rings is 1. The first kappa shape index (κ1) is 16.0. The number of aromatic hydroxyl groups is 1. The third kappa shape index (κ3) is 3.53. The van der Waals surface area contributed by atoms with E-state index in [1.807, 2.05) is 19.1 Å². The van der Waals surface area contributed by atoms with Crippen molar-refractivity contribution in [3.05, 3.63) is 53.3 Å². The molecule has 0 aliphatic rings. The molecule has 0 bridgehead atoms. The van der Waals surface area contributed by atoms with Crippen LogP contribution in [0.5, 0.6) is 5.75 Å². The third-order valence-corrected chi connectivity index (χ3v) is 3.87. The Morgan fingerprint density at radius 3 is 2.83 bits per heavy atom. The summed E-state index contributed by atoms with van der Waals surface area (Å²) in [5, 5.41) is 16.9. The monoisotopic (exact) mass is 325 g/mol. The maximum atomic E-state index is 12.2. The summed E-state index contributed by atoms with van der Waals surface area (Å²) >= 11 is 0. The van der Waals surface area contributed by atoms with E-state index in [4.69, 9.17) is 4.52 Å². The lowest BCUT2D eigenvalue weighted by Gasteiger charge is -2.05. The fraction of sp³-hybridized carbons (Fsp3) is 0.278. The van der Waals surface area contributed by atoms with Crippen LogP contribution in [0.1, 0.15) is 35.0 Å². The van der Waals surface area contributed by atoms with Crippen molar-refractivity contribution in [1.29, 1.82) is 0 Å². The average molecular weight is 325 g/mol. The number of nitrogens with one attached hydrogen (secondary N) is 1. The van der Waals surface area contributed by atoms with Crippen LogP contribution in [0.15, 0.2) is 41.1 Å². The molecular weight excluding hydrogens is 306 g/mol. The fourth-order valence-corrected chi connectivity index (χ4v) is 2.52. The summed E-state index contributed by atoms with van der Waals surface area (Å²) in [7, 11) is 0. The van der Waals surface area contributed by atoms with Gasteiger partial charge in [-0.1, -0.05) is 24.2 Å². The predicted octanol–water partition coefficient (Wildman–Crippen LogP) is 2.85. The van der Waals surface area contributed by atoms with Gasteiger partial charge < -0.3 is 14.9 Å². The first-order chi connectivity index (χ1) is 11.7. The molecule has 1 aromatic carbocycles. The Morgan fingerprint density at radius 1 is 1.29 bits per heavy atom. The molecule has 0 atom stereocenters. The number of fused-ring (bicyclic) bond motifs is 1. The van der Waals surface area contributed by atoms with Crippen LogP contribution in [-0.4, -0.2) is 27.7 Å². The number of aryl methyl sites for hydroxylation is 2. The van der Waals surface area contributed by atoms with E-state index < -0.39 is 0 Å². The first-order valence-corrected chi connectivity index (χ1v) is 7.98. The van der Waals surface area contributed by atoms with Crippen LogP contribution >= 0.6 is 0 Å². The molecule has 0 saturated heterocycles. The molecule has 6 heteroatoms. The summed E-state index contributed by atoms with van der Waals surface area (Å²) in [6.07, 6.45) is 3.89. The Bertz CT molecular complexity index is 840. The van der Waals surface area contributed by atoms with Gasteiger partial charge in [-0.05, 0) is 43.0 Å². The molecular formula is C18H19N3O3. The number of carbonyl (C=O) groups is 1. The molecule has 0 radical (unpaired) electrons. The van der Waals surface area contributed by atoms with Crippen LogP contribution in [0.2, 0.25) is 0 Å². The van der Waals surface area contributed by atoms with Gasteiger partial charge in [0.2, 0.25) is 0 Å². The Hall–Kier alpha value is -2.89. The topological polar surface area (TPSA) is 88.2 Å². The number of phenols is 1. The van der Waals surface area contributed by atoms with Crippen LogP contribution < -0.4 is 5.32 Å². The highest BCUT2D eigenvalue weighted by molar-refractivity contribution is 5.96. The summed E-state index contributed by atoms with van der Waals surface area (Å²) < 4.78 is 5.12. The summed E-state index contributed by atoms with van der Waals surface area (Å²) in [5.74, 6) is 0.105. The van der Waals surface area contributed by atoms with Gasteiger partial charge >= 0.3 is 0 Å². The normalized spacial score (nSPS) is 10.9. The second kappa shape index (κ2) is 7.12. The van der Waals surface area contributed by atoms with Crippen LogP contribution in [0.3, 0.4) is 0 Å². The molecule has 0 aliphatic heterocycles. The smallest absolute Gasteiger partial charge is 0.257 e. The molecule has 0 spiro atoms. The van der Waals surface area contributed by atoms with Gasteiger partial charge in [-0.15, -0.1) is 0 Å². The molecule has 124 valence electrons. The zero-order chi connectivity index (χ0) is 16.9. The van der Waals surface area contributed by atoms with Crippen LogP contribution in [0.4, 0.5) is 0 Å². The van der Waals surface area contributed by atoms with Gasteiger partial charge in [0.1, 0.15) is 5.75 Å². The zero-order valence-electron chi connectivity index (χ0n) is 13.5. The maximum Gasteiger partial charge on any atom is 0.257 e. The van der Waals surface area contributed by atoms with Gasteiger partial charge in [0.05, 0.1) is 16.6 Å². The van der Waals surface area contributed by atoms with Gasteiger partial charge in [0.15, 0.2) is 0 Å². The second-order valence-electron chi connectivity index (χ2n) is 5.59. The highest BCUT2D eigenvalue weighted by Crippen LogP contribution is 2.18. The van der Waals surface area contributed by atoms with Crippen molar-refractivity contribution in [3.8, 4) is 5.75 Å². The van der Waals surface area contributed by atoms with Crippen molar-refractivity contribution in [1.82, 2.24) is 15.5 Å². The molecule has 6 nitrogen and oxygen atoms in total. The van der Waals surface area contributed by atoms with E-state index in [1.165, 1.54) is 6.20 Å². The van der Waals surface area contributed by atoms with E-state index in [0.717, 1.165) is 35.9 Å². The quantitative estimate of drug-likeness (QED) is 0.680. The first-order valence-electron chi connectivity index (χ1n) is 7.98. The van der Waals surface area contributed by atoms with Gasteiger partial charge in [0.25, 0.3) is 11.6 Å². The minimum absolute atomic E-state index is 0.154. The number of aromatic nitrogens is 2. The van der Waals surface area contributed by atoms with E-state index in [1.54, 1.807) is 18.2 Å². The van der Waals surface area contributed by atoms with E-state index in [9.17, 15) is 9.90 Å². The SMILES string of the molecule is CCc1noc2ncc(C(=O)NCCCc3ccc(O)cc3)cc12. The Kier molecular flexibility index (Phi) is 4.74. The molecule has 2 N–H and O–H groups in total. The lowest BCUT2D eigenvalue weighted by atomic mass is 10.1. The molecule has 3 rings (SSSR count). The molecule has 24 heavy (non-hydrogen) atoms. The van der Waals surface area contributed by atoms with E-state index in [-0.39, 0.29) is 11.7 Å². The average Bonchev–Trinajstić information content (AvgIpc) is 3.02. The van der Waals surface area contributed by atoms with E-state index in [0.29, 0.717) is 17.8 Å². The van der Waals surface area contributed by atoms with Crippen molar-refractivity contribution in [2.75, 3.05) is 6.54 Å². The lowest BCUT2D eigenvalue weighted by molar-refractivity contribution is 0.0953. The number of hydrogen-bond donors (Lipinski definition) is 2. The molecule has 0 fully saturated rings. The number of amides is 1. The number of phenolic OH excluding ortho intramolecular Hbond substituents is 1. The second-order valence-corrected chi connectivity index (χ2v) is 5.59. The zero-order valence-corrected chi connectivity index (χ0v) is 13.5. The Balaban J connectivity index is 1.55. The fourth-order valence-electron chi connectivity index (χ4n) is 2.52. The van der Waals surface area contributed by atoms with Gasteiger partial charge in [-0.25, -0.2) is 4.98 Å². The molecule has 0 saturated carbocycles. The number of carbonyl (C=O) groups excluding carboxylic acids is 1. The molecule has 0 aliphatic carbocycles. The van der Waals surface area contributed by atoms with E-state index in [2.05, 4.69) is 15.5 Å².